The lowest BCUT2D eigenvalue weighted by molar-refractivity contribution is -0.121. The molecule has 2 aromatic carbocycles. The van der Waals surface area contributed by atoms with E-state index in [1.165, 1.54) is 12.1 Å². The molecule has 0 aliphatic carbocycles. The van der Waals surface area contributed by atoms with Gasteiger partial charge in [-0.2, -0.15) is 0 Å². The van der Waals surface area contributed by atoms with Crippen molar-refractivity contribution in [2.24, 2.45) is 13.0 Å². The molecular weight excluding hydrogens is 367 g/mol. The summed E-state index contributed by atoms with van der Waals surface area (Å²) < 4.78 is 15.2. The number of aromatic nitrogens is 1. The van der Waals surface area contributed by atoms with Gasteiger partial charge < -0.3 is 9.88 Å². The van der Waals surface area contributed by atoms with Gasteiger partial charge >= 0.3 is 0 Å². The van der Waals surface area contributed by atoms with Crippen LogP contribution >= 0.6 is 11.6 Å². The van der Waals surface area contributed by atoms with E-state index in [1.54, 1.807) is 42.1 Å². The Morgan fingerprint density at radius 1 is 1.19 bits per heavy atom. The van der Waals surface area contributed by atoms with Gasteiger partial charge in [-0.15, -0.1) is 0 Å². The maximum Gasteiger partial charge on any atom is 0.257 e. The number of nitrogens with zero attached hydrogens (tertiary/aromatic N) is 1. The minimum Gasteiger partial charge on any atom is -0.350 e. The number of benzene rings is 2. The number of amides is 1. The van der Waals surface area contributed by atoms with Crippen molar-refractivity contribution in [2.75, 3.05) is 5.32 Å². The first-order valence-electron chi connectivity index (χ1n) is 8.63. The minimum absolute atomic E-state index is 0.0423. The maximum atomic E-state index is 13.4. The van der Waals surface area contributed by atoms with Gasteiger partial charge in [0.1, 0.15) is 11.6 Å². The number of ketones is 1. The van der Waals surface area contributed by atoms with Crippen LogP contribution in [0.4, 0.5) is 10.1 Å². The van der Waals surface area contributed by atoms with Gasteiger partial charge in [0.2, 0.25) is 0 Å². The van der Waals surface area contributed by atoms with E-state index in [9.17, 15) is 14.0 Å². The number of carbonyl (C=O) groups is 2. The number of hydrogen-bond donors (Lipinski definition) is 1. The lowest BCUT2D eigenvalue weighted by Gasteiger charge is -2.09. The molecule has 0 atom stereocenters. The Labute approximate surface area is 161 Å². The summed E-state index contributed by atoms with van der Waals surface area (Å²) >= 11 is 6.29. The second kappa shape index (κ2) is 7.53. The van der Waals surface area contributed by atoms with Gasteiger partial charge in [-0.1, -0.05) is 31.5 Å². The lowest BCUT2D eigenvalue weighted by atomic mass is 10.0. The maximum absolute atomic E-state index is 13.4. The zero-order valence-corrected chi connectivity index (χ0v) is 16.1. The summed E-state index contributed by atoms with van der Waals surface area (Å²) in [7, 11) is 1.76. The molecule has 0 radical (unpaired) electrons. The highest BCUT2D eigenvalue weighted by atomic mass is 35.5. The molecule has 0 saturated carbocycles. The van der Waals surface area contributed by atoms with Crippen molar-refractivity contribution in [1.82, 2.24) is 4.57 Å². The van der Waals surface area contributed by atoms with E-state index < -0.39 is 0 Å². The van der Waals surface area contributed by atoms with Crippen LogP contribution in [0.15, 0.2) is 42.6 Å². The molecule has 3 aromatic rings. The summed E-state index contributed by atoms with van der Waals surface area (Å²) in [5.74, 6) is -0.601. The number of anilines is 1. The van der Waals surface area contributed by atoms with Gasteiger partial charge in [0.25, 0.3) is 5.91 Å². The predicted molar refractivity (Wildman–Crippen MR) is 106 cm³/mol. The number of aryl methyl sites for hydroxylation is 1. The molecule has 1 N–H and O–H groups in total. The number of rotatable bonds is 5. The third-order valence-corrected chi connectivity index (χ3v) is 4.81. The molecule has 1 amide bonds. The molecule has 0 fully saturated rings. The molecule has 0 aliphatic rings. The lowest BCUT2D eigenvalue weighted by Crippen LogP contribution is -2.13. The summed E-state index contributed by atoms with van der Waals surface area (Å²) in [4.78, 5) is 24.6. The molecule has 4 nitrogen and oxygen atoms in total. The number of hydrogen-bond acceptors (Lipinski definition) is 2. The average Bonchev–Trinajstić information content (AvgIpc) is 2.93. The highest BCUT2D eigenvalue weighted by molar-refractivity contribution is 6.34. The van der Waals surface area contributed by atoms with E-state index in [0.717, 1.165) is 5.56 Å². The second-order valence-electron chi connectivity index (χ2n) is 6.88. The topological polar surface area (TPSA) is 51.1 Å². The molecule has 140 valence electrons. The van der Waals surface area contributed by atoms with E-state index >= 15 is 0 Å². The van der Waals surface area contributed by atoms with Crippen LogP contribution in [0.3, 0.4) is 0 Å². The van der Waals surface area contributed by atoms with E-state index in [1.807, 2.05) is 13.8 Å². The van der Waals surface area contributed by atoms with E-state index in [-0.39, 0.29) is 23.4 Å². The molecule has 27 heavy (non-hydrogen) atoms. The van der Waals surface area contributed by atoms with Crippen LogP contribution in [-0.4, -0.2) is 16.3 Å². The number of carbonyl (C=O) groups excluding carboxylic acids is 2. The third-order valence-electron chi connectivity index (χ3n) is 4.50. The predicted octanol–water partition coefficient (Wildman–Crippen LogP) is 4.99. The van der Waals surface area contributed by atoms with Crippen molar-refractivity contribution < 1.29 is 14.0 Å². The number of nitrogens with one attached hydrogen (secondary N) is 1. The Hall–Kier alpha value is -2.66. The van der Waals surface area contributed by atoms with Crippen molar-refractivity contribution in [3.8, 4) is 0 Å². The Morgan fingerprint density at radius 3 is 2.59 bits per heavy atom. The fourth-order valence-corrected chi connectivity index (χ4v) is 3.15. The zero-order chi connectivity index (χ0) is 19.7. The van der Waals surface area contributed by atoms with Gasteiger partial charge in [-0.3, -0.25) is 9.59 Å². The molecule has 0 spiro atoms. The summed E-state index contributed by atoms with van der Waals surface area (Å²) in [5, 5.41) is 3.81. The Balaban J connectivity index is 1.83. The largest absolute Gasteiger partial charge is 0.350 e. The molecule has 1 aromatic heterocycles. The first-order chi connectivity index (χ1) is 12.8. The summed E-state index contributed by atoms with van der Waals surface area (Å²) in [6.45, 7) is 3.71. The van der Waals surface area contributed by atoms with Crippen molar-refractivity contribution in [1.29, 1.82) is 0 Å². The van der Waals surface area contributed by atoms with E-state index in [2.05, 4.69) is 5.32 Å². The second-order valence-corrected chi connectivity index (χ2v) is 7.29. The van der Waals surface area contributed by atoms with Gasteiger partial charge in [0.15, 0.2) is 0 Å². The van der Waals surface area contributed by atoms with Gasteiger partial charge in [0.05, 0.1) is 21.8 Å². The number of fused-ring (bicyclic) bond motifs is 1. The molecule has 0 aliphatic heterocycles. The zero-order valence-electron chi connectivity index (χ0n) is 15.3. The summed E-state index contributed by atoms with van der Waals surface area (Å²) in [6.07, 6.45) is 1.96. The third kappa shape index (κ3) is 4.03. The molecule has 0 bridgehead atoms. The summed E-state index contributed by atoms with van der Waals surface area (Å²) in [6, 6.07) is 9.46. The molecule has 1 heterocycles. The van der Waals surface area contributed by atoms with Crippen LogP contribution in [0.25, 0.3) is 10.9 Å². The van der Waals surface area contributed by atoms with Crippen LogP contribution in [0.2, 0.25) is 5.02 Å². The highest BCUT2D eigenvalue weighted by Crippen LogP contribution is 2.27. The smallest absolute Gasteiger partial charge is 0.257 e. The van der Waals surface area contributed by atoms with Crippen molar-refractivity contribution >= 4 is 39.9 Å². The quantitative estimate of drug-likeness (QED) is 0.671. The number of Topliss-reactive ketones (excluding diaryl/α,β-unsaturated/α-hetero) is 1. The van der Waals surface area contributed by atoms with E-state index in [0.29, 0.717) is 33.6 Å². The van der Waals surface area contributed by atoms with Gasteiger partial charge in [0, 0.05) is 31.0 Å². The SMILES string of the molecule is CC(C)C(=O)Cc1ccc(NC(=O)c2cn(C)c3cc(F)ccc23)c(Cl)c1. The molecule has 6 heteroatoms. The minimum atomic E-state index is -0.356. The Kier molecular flexibility index (Phi) is 5.33. The molecule has 0 saturated heterocycles. The Morgan fingerprint density at radius 2 is 1.93 bits per heavy atom. The van der Waals surface area contributed by atoms with Crippen molar-refractivity contribution in [2.45, 2.75) is 20.3 Å². The van der Waals surface area contributed by atoms with Crippen LogP contribution in [0.5, 0.6) is 0 Å². The first kappa shape index (κ1) is 19.1. The van der Waals surface area contributed by atoms with Gasteiger partial charge in [-0.05, 0) is 35.9 Å². The average molecular weight is 387 g/mol. The van der Waals surface area contributed by atoms with Gasteiger partial charge in [-0.25, -0.2) is 4.39 Å². The first-order valence-corrected chi connectivity index (χ1v) is 9.01. The fourth-order valence-electron chi connectivity index (χ4n) is 2.90. The highest BCUT2D eigenvalue weighted by Gasteiger charge is 2.16. The normalized spacial score (nSPS) is 11.2. The van der Waals surface area contributed by atoms with E-state index in [4.69, 9.17) is 11.6 Å². The monoisotopic (exact) mass is 386 g/mol. The van der Waals surface area contributed by atoms with Crippen LogP contribution < -0.4 is 5.32 Å². The summed E-state index contributed by atoms with van der Waals surface area (Å²) in [5.41, 5.74) is 2.33. The van der Waals surface area contributed by atoms with Crippen LogP contribution in [0.1, 0.15) is 29.8 Å². The molecular formula is C21H20ClFN2O2. The molecule has 0 unspecified atom stereocenters. The van der Waals surface area contributed by atoms with Crippen LogP contribution in [-0.2, 0) is 18.3 Å². The standard InChI is InChI=1S/C21H20ClFN2O2/c1-12(2)20(26)9-13-4-7-18(17(22)8-13)24-21(27)16-11-25(3)19-10-14(23)5-6-15(16)19/h4-8,10-12H,9H2,1-3H3,(H,24,27). The van der Waals surface area contributed by atoms with Crippen LogP contribution in [0, 0.1) is 11.7 Å². The Bertz CT molecular complexity index is 1040. The molecule has 3 rings (SSSR count). The van der Waals surface area contributed by atoms with Crippen molar-refractivity contribution in [3.05, 3.63) is 64.6 Å². The number of halogens is 2. The fraction of sp³-hybridized carbons (Fsp3) is 0.238. The van der Waals surface area contributed by atoms with Crippen molar-refractivity contribution in [3.63, 3.8) is 0 Å².